The number of aliphatic hydroxyl groups is 2. The van der Waals surface area contributed by atoms with Crippen LogP contribution in [0.1, 0.15) is 37.3 Å². The smallest absolute Gasteiger partial charge is 0.255 e. The van der Waals surface area contributed by atoms with Crippen LogP contribution in [0.5, 0.6) is 5.75 Å². The Morgan fingerprint density at radius 1 is 1.21 bits per heavy atom. The van der Waals surface area contributed by atoms with Crippen LogP contribution in [0.25, 0.3) is 5.76 Å². The van der Waals surface area contributed by atoms with Crippen molar-refractivity contribution in [2.24, 2.45) is 23.5 Å². The Labute approximate surface area is 197 Å². The molecule has 0 aromatic heterocycles. The number of nitrogens with two attached hydrogens (primary N) is 1. The van der Waals surface area contributed by atoms with Gasteiger partial charge in [-0.3, -0.25) is 19.3 Å². The quantitative estimate of drug-likeness (QED) is 0.415. The number of primary amides is 1. The number of nitrogens with one attached hydrogen (secondary N) is 1. The van der Waals surface area contributed by atoms with E-state index in [0.717, 1.165) is 0 Å². The van der Waals surface area contributed by atoms with Gasteiger partial charge < -0.3 is 26.4 Å². The molecule has 1 amide bonds. The Morgan fingerprint density at radius 3 is 2.38 bits per heavy atom. The van der Waals surface area contributed by atoms with E-state index in [4.69, 9.17) is 5.73 Å². The van der Waals surface area contributed by atoms with Crippen LogP contribution in [0, 0.1) is 17.8 Å². The molecule has 34 heavy (non-hydrogen) atoms. The van der Waals surface area contributed by atoms with Crippen molar-refractivity contribution in [2.45, 2.75) is 37.8 Å². The molecule has 1 aromatic rings. The topological polar surface area (TPSA) is 153 Å². The van der Waals surface area contributed by atoms with Gasteiger partial charge in [0.2, 0.25) is 0 Å². The van der Waals surface area contributed by atoms with E-state index in [0.29, 0.717) is 12.0 Å². The van der Waals surface area contributed by atoms with Gasteiger partial charge >= 0.3 is 0 Å². The average molecular weight is 470 g/mol. The van der Waals surface area contributed by atoms with Crippen molar-refractivity contribution in [3.8, 4) is 5.75 Å². The number of phenolic OH excluding ortho intramolecular Hbond substituents is 1. The van der Waals surface area contributed by atoms with Gasteiger partial charge in [-0.05, 0) is 44.6 Å². The van der Waals surface area contributed by atoms with Crippen molar-refractivity contribution < 1.29 is 29.7 Å². The van der Waals surface area contributed by atoms with Gasteiger partial charge in [-0.1, -0.05) is 32.4 Å². The molecule has 0 saturated heterocycles. The highest BCUT2D eigenvalue weighted by Gasteiger charge is 2.67. The van der Waals surface area contributed by atoms with Gasteiger partial charge in [0.05, 0.1) is 11.6 Å². The molecule has 1 aromatic carbocycles. The first-order chi connectivity index (χ1) is 16.0. The van der Waals surface area contributed by atoms with E-state index >= 15 is 0 Å². The minimum atomic E-state index is -1.85. The third-order valence-electron chi connectivity index (χ3n) is 8.09. The second kappa shape index (κ2) is 7.95. The molecule has 3 aliphatic carbocycles. The Hall–Kier alpha value is -3.17. The number of hydrogen-bond donors (Lipinski definition) is 5. The molecular formula is C25H31N3O6. The van der Waals surface area contributed by atoms with Gasteiger partial charge in [-0.25, -0.2) is 0 Å². The van der Waals surface area contributed by atoms with Crippen LogP contribution in [0.3, 0.4) is 0 Å². The highest BCUT2D eigenvalue weighted by molar-refractivity contribution is 6.25. The van der Waals surface area contributed by atoms with Gasteiger partial charge in [0, 0.05) is 17.4 Å². The lowest BCUT2D eigenvalue weighted by atomic mass is 9.49. The number of amides is 1. The molecule has 182 valence electrons. The van der Waals surface area contributed by atoms with Gasteiger partial charge in [-0.15, -0.1) is 0 Å². The molecule has 0 radical (unpaired) electrons. The van der Waals surface area contributed by atoms with Crippen LogP contribution in [0.2, 0.25) is 0 Å². The SMILES string of the molecule is CC[C@@H]1[C@H]2C(=C(O)c3c(O)cccc3[C@@H]2C)C(=O)[C@]2(NC)C(O)=C(C(N)=O)C(=O)[C@@H](N(C)C)[C@H]12. The average Bonchev–Trinajstić information content (AvgIpc) is 2.76. The summed E-state index contributed by atoms with van der Waals surface area (Å²) in [6.45, 7) is 3.86. The summed E-state index contributed by atoms with van der Waals surface area (Å²) >= 11 is 0. The minimum Gasteiger partial charge on any atom is -0.509 e. The van der Waals surface area contributed by atoms with Crippen molar-refractivity contribution in [1.82, 2.24) is 10.2 Å². The molecule has 1 saturated carbocycles. The van der Waals surface area contributed by atoms with E-state index in [1.165, 1.54) is 13.1 Å². The van der Waals surface area contributed by atoms with E-state index in [2.05, 4.69) is 5.32 Å². The largest absolute Gasteiger partial charge is 0.509 e. The number of hydrogen-bond acceptors (Lipinski definition) is 8. The number of nitrogens with zero attached hydrogens (tertiary/aromatic N) is 1. The van der Waals surface area contributed by atoms with Gasteiger partial charge in [-0.2, -0.15) is 0 Å². The predicted octanol–water partition coefficient (Wildman–Crippen LogP) is 1.39. The molecule has 0 aliphatic heterocycles. The summed E-state index contributed by atoms with van der Waals surface area (Å²) in [5.74, 6) is -5.44. The summed E-state index contributed by atoms with van der Waals surface area (Å²) in [5.41, 5.74) is 3.99. The molecule has 6 atom stereocenters. The summed E-state index contributed by atoms with van der Waals surface area (Å²) in [6.07, 6.45) is 0.526. The molecule has 9 nitrogen and oxygen atoms in total. The third-order valence-corrected chi connectivity index (χ3v) is 8.09. The molecule has 0 heterocycles. The number of aliphatic hydroxyl groups excluding tert-OH is 2. The van der Waals surface area contributed by atoms with Crippen LogP contribution in [0.4, 0.5) is 0 Å². The lowest BCUT2D eigenvalue weighted by Gasteiger charge is -2.57. The Balaban J connectivity index is 2.13. The number of fused-ring (bicyclic) bond motifs is 3. The number of rotatable bonds is 4. The lowest BCUT2D eigenvalue weighted by Crippen LogP contribution is -2.73. The van der Waals surface area contributed by atoms with E-state index in [1.54, 1.807) is 25.1 Å². The van der Waals surface area contributed by atoms with Crippen LogP contribution in [-0.4, -0.2) is 70.4 Å². The van der Waals surface area contributed by atoms with Crippen molar-refractivity contribution in [3.63, 3.8) is 0 Å². The number of benzene rings is 1. The standard InChI is InChI=1S/C25H31N3O6/c1-6-11-14-10(2)12-8-7-9-13(29)15(12)20(30)16(14)22(32)25(27-3)18(11)19(28(4)5)21(31)17(23(25)33)24(26)34/h7-11,14,18-19,27,29-30,33H,6H2,1-5H3,(H2,26,34)/t10-,11+,14-,18-,19-,25-/m0/s1. The minimum absolute atomic E-state index is 0.0705. The summed E-state index contributed by atoms with van der Waals surface area (Å²) in [5, 5.41) is 36.1. The molecule has 0 unspecified atom stereocenters. The molecule has 1 fully saturated rings. The number of aromatic hydroxyl groups is 1. The zero-order valence-electron chi connectivity index (χ0n) is 19.9. The Morgan fingerprint density at radius 2 is 1.85 bits per heavy atom. The van der Waals surface area contributed by atoms with Crippen molar-refractivity contribution in [2.75, 3.05) is 21.1 Å². The van der Waals surface area contributed by atoms with E-state index < -0.39 is 52.2 Å². The van der Waals surface area contributed by atoms with Gasteiger partial charge in [0.25, 0.3) is 5.91 Å². The molecule has 0 bridgehead atoms. The van der Waals surface area contributed by atoms with Crippen molar-refractivity contribution >= 4 is 23.2 Å². The van der Waals surface area contributed by atoms with Crippen LogP contribution in [-0.2, 0) is 14.4 Å². The summed E-state index contributed by atoms with van der Waals surface area (Å²) in [4.78, 5) is 41.7. The zero-order valence-corrected chi connectivity index (χ0v) is 19.9. The monoisotopic (exact) mass is 469 g/mol. The molecule has 9 heteroatoms. The van der Waals surface area contributed by atoms with Crippen molar-refractivity contribution in [1.29, 1.82) is 0 Å². The fourth-order valence-electron chi connectivity index (χ4n) is 6.74. The maximum atomic E-state index is 14.3. The van der Waals surface area contributed by atoms with Crippen LogP contribution in [0.15, 0.2) is 35.1 Å². The zero-order chi connectivity index (χ0) is 25.3. The van der Waals surface area contributed by atoms with E-state index in [9.17, 15) is 29.7 Å². The van der Waals surface area contributed by atoms with Gasteiger partial charge in [0.1, 0.15) is 28.4 Å². The fourth-order valence-corrected chi connectivity index (χ4v) is 6.74. The molecular weight excluding hydrogens is 438 g/mol. The second-order valence-electron chi connectivity index (χ2n) is 9.66. The third kappa shape index (κ3) is 2.77. The second-order valence-corrected chi connectivity index (χ2v) is 9.66. The number of carbonyl (C=O) groups excluding carboxylic acids is 3. The molecule has 4 rings (SSSR count). The number of ketones is 2. The number of likely N-dealkylation sites (N-methyl/N-ethyl adjacent to an activating group) is 2. The predicted molar refractivity (Wildman–Crippen MR) is 125 cm³/mol. The Bertz CT molecular complexity index is 1170. The van der Waals surface area contributed by atoms with Crippen LogP contribution >= 0.6 is 0 Å². The van der Waals surface area contributed by atoms with Crippen LogP contribution < -0.4 is 11.1 Å². The van der Waals surface area contributed by atoms with E-state index in [1.807, 2.05) is 19.9 Å². The first-order valence-corrected chi connectivity index (χ1v) is 11.4. The summed E-state index contributed by atoms with van der Waals surface area (Å²) in [6, 6.07) is 4.02. The number of carbonyl (C=O) groups is 3. The first kappa shape index (κ1) is 24.0. The fraction of sp³-hybridized carbons (Fsp3) is 0.480. The summed E-state index contributed by atoms with van der Waals surface area (Å²) in [7, 11) is 4.84. The number of Topliss-reactive ketones (excluding diaryl/α,β-unsaturated/α-hetero) is 2. The Kier molecular flexibility index (Phi) is 5.61. The maximum Gasteiger partial charge on any atom is 0.255 e. The van der Waals surface area contributed by atoms with E-state index in [-0.39, 0.29) is 34.5 Å². The van der Waals surface area contributed by atoms with Gasteiger partial charge in [0.15, 0.2) is 11.6 Å². The molecule has 0 spiro atoms. The highest BCUT2D eigenvalue weighted by atomic mass is 16.3. The maximum absolute atomic E-state index is 14.3. The van der Waals surface area contributed by atoms with Crippen molar-refractivity contribution in [3.05, 3.63) is 46.2 Å². The normalized spacial score (nSPS) is 33.1. The highest BCUT2D eigenvalue weighted by Crippen LogP contribution is 2.59. The molecule has 6 N–H and O–H groups in total. The summed E-state index contributed by atoms with van der Waals surface area (Å²) < 4.78 is 0. The molecule has 3 aliphatic rings. The number of phenols is 1. The lowest BCUT2D eigenvalue weighted by molar-refractivity contribution is -0.139. The first-order valence-electron chi connectivity index (χ1n) is 11.4.